The van der Waals surface area contributed by atoms with Crippen LogP contribution in [-0.2, 0) is 14.4 Å². The van der Waals surface area contributed by atoms with Crippen LogP contribution >= 0.6 is 11.8 Å². The topological polar surface area (TPSA) is 139 Å². The lowest BCUT2D eigenvalue weighted by molar-refractivity contribution is -0.384. The lowest BCUT2D eigenvalue weighted by Crippen LogP contribution is -2.31. The van der Waals surface area contributed by atoms with Gasteiger partial charge in [0, 0.05) is 34.7 Å². The summed E-state index contributed by atoms with van der Waals surface area (Å²) >= 11 is 1.27. The number of anilines is 2. The second-order valence-electron chi connectivity index (χ2n) is 10.8. The summed E-state index contributed by atoms with van der Waals surface area (Å²) in [5.41, 5.74) is 2.74. The molecule has 5 rings (SSSR count). The van der Waals surface area contributed by atoms with E-state index >= 15 is 0 Å². The first-order valence-corrected chi connectivity index (χ1v) is 15.3. The van der Waals surface area contributed by atoms with Crippen LogP contribution < -0.4 is 15.5 Å². The highest BCUT2D eigenvalue weighted by molar-refractivity contribution is 8.00. The van der Waals surface area contributed by atoms with Crippen LogP contribution in [0.2, 0.25) is 0 Å². The van der Waals surface area contributed by atoms with E-state index < -0.39 is 22.0 Å². The molecule has 2 N–H and O–H groups in total. The second kappa shape index (κ2) is 14.0. The largest absolute Gasteiger partial charge is 0.321 e. The van der Waals surface area contributed by atoms with Gasteiger partial charge in [0.1, 0.15) is 5.70 Å². The molecule has 1 unspecified atom stereocenters. The number of benzene rings is 4. The SMILES string of the molecule is CC(C)c1ccc(N2C(=O)CC(Sc3ccc(NC(=O)/C(=C/c4ccc([N+](=O)[O-])cc4)NC(=O)c4ccccc4)cc3)C2=O)cc1. The second-order valence-corrected chi connectivity index (χ2v) is 12.1. The number of amides is 4. The standard InChI is InChI=1S/C35H30N4O6S/c1-22(2)24-10-16-27(17-11-24)38-32(40)21-31(35(38)43)46-29-18-12-26(13-19-29)36-34(42)30(37-33(41)25-6-4-3-5-7-25)20-23-8-14-28(15-9-23)39(44)45/h3-20,22,31H,21H2,1-2H3,(H,36,42)(H,37,41)/b30-20-. The van der Waals surface area contributed by atoms with Gasteiger partial charge in [-0.25, -0.2) is 4.90 Å². The molecule has 0 spiro atoms. The van der Waals surface area contributed by atoms with E-state index in [9.17, 15) is 29.3 Å². The number of imide groups is 1. The van der Waals surface area contributed by atoms with Gasteiger partial charge in [0.2, 0.25) is 11.8 Å². The predicted molar refractivity (Wildman–Crippen MR) is 177 cm³/mol. The van der Waals surface area contributed by atoms with Crippen LogP contribution in [-0.4, -0.2) is 33.8 Å². The quantitative estimate of drug-likeness (QED) is 0.0873. The van der Waals surface area contributed by atoms with E-state index in [2.05, 4.69) is 24.5 Å². The van der Waals surface area contributed by atoms with Crippen molar-refractivity contribution in [3.8, 4) is 0 Å². The van der Waals surface area contributed by atoms with Crippen LogP contribution in [0, 0.1) is 10.1 Å². The molecule has 11 heteroatoms. The molecule has 232 valence electrons. The van der Waals surface area contributed by atoms with Gasteiger partial charge in [-0.2, -0.15) is 0 Å². The van der Waals surface area contributed by atoms with Gasteiger partial charge in [0.15, 0.2) is 0 Å². The summed E-state index contributed by atoms with van der Waals surface area (Å²) in [6.07, 6.45) is 1.50. The van der Waals surface area contributed by atoms with Crippen molar-refractivity contribution in [3.05, 3.63) is 136 Å². The van der Waals surface area contributed by atoms with Crippen LogP contribution in [0.4, 0.5) is 17.1 Å². The van der Waals surface area contributed by atoms with Crippen LogP contribution in [0.1, 0.15) is 47.7 Å². The number of hydrogen-bond donors (Lipinski definition) is 2. The summed E-state index contributed by atoms with van der Waals surface area (Å²) in [6.45, 7) is 4.15. The normalized spacial score (nSPS) is 14.8. The Morgan fingerprint density at radius 3 is 2.17 bits per heavy atom. The summed E-state index contributed by atoms with van der Waals surface area (Å²) in [5.74, 6) is -1.32. The minimum Gasteiger partial charge on any atom is -0.321 e. The van der Waals surface area contributed by atoms with E-state index in [0.717, 1.165) is 10.5 Å². The fourth-order valence-electron chi connectivity index (χ4n) is 4.76. The Morgan fingerprint density at radius 1 is 0.913 bits per heavy atom. The Hall–Kier alpha value is -5.55. The number of nitrogens with one attached hydrogen (secondary N) is 2. The Labute approximate surface area is 269 Å². The number of rotatable bonds is 10. The van der Waals surface area contributed by atoms with Crippen LogP contribution in [0.25, 0.3) is 6.08 Å². The van der Waals surface area contributed by atoms with Gasteiger partial charge in [-0.15, -0.1) is 11.8 Å². The zero-order chi connectivity index (χ0) is 32.8. The lowest BCUT2D eigenvalue weighted by atomic mass is 10.0. The number of carbonyl (C=O) groups is 4. The van der Waals surface area contributed by atoms with Crippen molar-refractivity contribution in [2.24, 2.45) is 0 Å². The van der Waals surface area contributed by atoms with E-state index in [0.29, 0.717) is 28.4 Å². The number of non-ortho nitro benzene ring substituents is 1. The van der Waals surface area contributed by atoms with E-state index in [-0.39, 0.29) is 29.6 Å². The number of nitro groups is 1. The zero-order valence-electron chi connectivity index (χ0n) is 25.0. The van der Waals surface area contributed by atoms with E-state index in [4.69, 9.17) is 0 Å². The highest BCUT2D eigenvalue weighted by Crippen LogP contribution is 2.35. The molecule has 0 radical (unpaired) electrons. The Balaban J connectivity index is 1.27. The summed E-state index contributed by atoms with van der Waals surface area (Å²) in [4.78, 5) is 64.6. The third-order valence-electron chi connectivity index (χ3n) is 7.26. The smallest absolute Gasteiger partial charge is 0.272 e. The van der Waals surface area contributed by atoms with Crippen molar-refractivity contribution < 1.29 is 24.1 Å². The van der Waals surface area contributed by atoms with E-state index in [1.165, 1.54) is 47.0 Å². The first-order chi connectivity index (χ1) is 22.1. The molecule has 0 saturated carbocycles. The highest BCUT2D eigenvalue weighted by Gasteiger charge is 2.40. The first kappa shape index (κ1) is 31.9. The summed E-state index contributed by atoms with van der Waals surface area (Å²) in [7, 11) is 0. The molecule has 0 aliphatic carbocycles. The van der Waals surface area contributed by atoms with Crippen LogP contribution in [0.5, 0.6) is 0 Å². The molecule has 1 heterocycles. The van der Waals surface area contributed by atoms with Gasteiger partial charge in [-0.05, 0) is 83.8 Å². The van der Waals surface area contributed by atoms with E-state index in [1.807, 2.05) is 12.1 Å². The van der Waals surface area contributed by atoms with Gasteiger partial charge in [0.25, 0.3) is 17.5 Å². The van der Waals surface area contributed by atoms with Gasteiger partial charge in [0.05, 0.1) is 15.9 Å². The molecular weight excluding hydrogens is 604 g/mol. The number of nitro benzene ring substituents is 1. The molecule has 1 aliphatic rings. The molecular formula is C35H30N4O6S. The molecule has 46 heavy (non-hydrogen) atoms. The van der Waals surface area contributed by atoms with Gasteiger partial charge >= 0.3 is 0 Å². The number of hydrogen-bond acceptors (Lipinski definition) is 7. The average molecular weight is 635 g/mol. The van der Waals surface area contributed by atoms with Crippen molar-refractivity contribution in [2.45, 2.75) is 36.3 Å². The molecule has 1 fully saturated rings. The Bertz CT molecular complexity index is 1810. The molecule has 4 aromatic rings. The summed E-state index contributed by atoms with van der Waals surface area (Å²) in [6, 6.07) is 28.2. The first-order valence-electron chi connectivity index (χ1n) is 14.5. The van der Waals surface area contributed by atoms with Crippen molar-refractivity contribution in [3.63, 3.8) is 0 Å². The van der Waals surface area contributed by atoms with Crippen molar-refractivity contribution >= 4 is 58.5 Å². The van der Waals surface area contributed by atoms with Gasteiger partial charge in [-0.1, -0.05) is 44.2 Å². The van der Waals surface area contributed by atoms with Crippen molar-refractivity contribution in [1.29, 1.82) is 0 Å². The Kier molecular flexibility index (Phi) is 9.73. The number of thioether (sulfide) groups is 1. The molecule has 4 amide bonds. The fourth-order valence-corrected chi connectivity index (χ4v) is 5.81. The zero-order valence-corrected chi connectivity index (χ0v) is 25.8. The third kappa shape index (κ3) is 7.56. The summed E-state index contributed by atoms with van der Waals surface area (Å²) in [5, 5.41) is 15.8. The van der Waals surface area contributed by atoms with E-state index in [1.54, 1.807) is 66.7 Å². The van der Waals surface area contributed by atoms with Crippen LogP contribution in [0.3, 0.4) is 0 Å². The third-order valence-corrected chi connectivity index (χ3v) is 8.45. The number of nitrogens with zero attached hydrogens (tertiary/aromatic N) is 2. The summed E-state index contributed by atoms with van der Waals surface area (Å²) < 4.78 is 0. The van der Waals surface area contributed by atoms with Crippen LogP contribution in [0.15, 0.2) is 114 Å². The molecule has 1 saturated heterocycles. The lowest BCUT2D eigenvalue weighted by Gasteiger charge is -2.16. The average Bonchev–Trinajstić information content (AvgIpc) is 3.33. The minimum absolute atomic E-state index is 0.0715. The maximum absolute atomic E-state index is 13.3. The van der Waals surface area contributed by atoms with Crippen molar-refractivity contribution in [2.75, 3.05) is 10.2 Å². The van der Waals surface area contributed by atoms with Gasteiger partial charge in [-0.3, -0.25) is 29.3 Å². The fraction of sp³-hybridized carbons (Fsp3) is 0.143. The maximum Gasteiger partial charge on any atom is 0.272 e. The molecule has 1 atom stereocenters. The maximum atomic E-state index is 13.3. The predicted octanol–water partition coefficient (Wildman–Crippen LogP) is 6.55. The molecule has 10 nitrogen and oxygen atoms in total. The number of carbonyl (C=O) groups excluding carboxylic acids is 4. The molecule has 0 aromatic heterocycles. The van der Waals surface area contributed by atoms with Gasteiger partial charge < -0.3 is 10.6 Å². The highest BCUT2D eigenvalue weighted by atomic mass is 32.2. The minimum atomic E-state index is -0.612. The molecule has 4 aromatic carbocycles. The van der Waals surface area contributed by atoms with Crippen molar-refractivity contribution in [1.82, 2.24) is 5.32 Å². The Morgan fingerprint density at radius 2 is 1.57 bits per heavy atom. The molecule has 0 bridgehead atoms. The molecule has 1 aliphatic heterocycles. The monoisotopic (exact) mass is 634 g/mol.